The molecule has 0 saturated heterocycles. The molecule has 0 aliphatic carbocycles. The van der Waals surface area contributed by atoms with Gasteiger partial charge in [-0.3, -0.25) is 0 Å². The normalized spacial score (nSPS) is 12.0. The lowest BCUT2D eigenvalue weighted by atomic mass is 10.2. The van der Waals surface area contributed by atoms with Crippen LogP contribution in [0.25, 0.3) is 0 Å². The molecule has 1 aromatic carbocycles. The van der Waals surface area contributed by atoms with Crippen molar-refractivity contribution < 1.29 is 29.0 Å². The molecule has 0 heterocycles. The third-order valence-electron chi connectivity index (χ3n) is 3.59. The standard InChI is InChI=1S/C18H28N2O6Si/c1-27(2,3)12-11-25-17(23)19-10-9-15(16(21)22)20-18(24)26-13-14-7-5-4-6-8-14/h4-8,15H,9-13H2,1-3H3,(H,19,23)(H,20,24)(H,21,22)/t15-/m0/s1. The van der Waals surface area contributed by atoms with E-state index in [1.165, 1.54) is 0 Å². The molecule has 0 radical (unpaired) electrons. The number of alkyl carbamates (subject to hydrolysis) is 2. The predicted molar refractivity (Wildman–Crippen MR) is 103 cm³/mol. The van der Waals surface area contributed by atoms with Gasteiger partial charge in [-0.05, 0) is 18.0 Å². The van der Waals surface area contributed by atoms with Gasteiger partial charge in [0.05, 0.1) is 6.61 Å². The summed E-state index contributed by atoms with van der Waals surface area (Å²) in [6.07, 6.45) is -1.41. The molecule has 9 heteroatoms. The topological polar surface area (TPSA) is 114 Å². The van der Waals surface area contributed by atoms with E-state index in [-0.39, 0.29) is 19.6 Å². The van der Waals surface area contributed by atoms with Crippen LogP contribution in [0.15, 0.2) is 30.3 Å². The number of rotatable bonds is 10. The molecule has 0 bridgehead atoms. The maximum atomic E-state index is 11.8. The quantitative estimate of drug-likeness (QED) is 0.524. The zero-order valence-corrected chi connectivity index (χ0v) is 17.0. The zero-order valence-electron chi connectivity index (χ0n) is 16.0. The summed E-state index contributed by atoms with van der Waals surface area (Å²) < 4.78 is 10.1. The number of carbonyl (C=O) groups is 3. The largest absolute Gasteiger partial charge is 0.480 e. The van der Waals surface area contributed by atoms with Gasteiger partial charge in [0.15, 0.2) is 0 Å². The highest BCUT2D eigenvalue weighted by Crippen LogP contribution is 2.07. The molecule has 8 nitrogen and oxygen atoms in total. The Bertz CT molecular complexity index is 618. The van der Waals surface area contributed by atoms with Gasteiger partial charge in [0.2, 0.25) is 0 Å². The molecule has 3 N–H and O–H groups in total. The minimum Gasteiger partial charge on any atom is -0.480 e. The monoisotopic (exact) mass is 396 g/mol. The second kappa shape index (κ2) is 11.2. The molecule has 0 aromatic heterocycles. The minimum atomic E-state index is -1.28. The number of nitrogens with one attached hydrogen (secondary N) is 2. The summed E-state index contributed by atoms with van der Waals surface area (Å²) in [7, 11) is -1.28. The summed E-state index contributed by atoms with van der Waals surface area (Å²) in [6.45, 7) is 6.97. The van der Waals surface area contributed by atoms with Gasteiger partial charge >= 0.3 is 18.2 Å². The minimum absolute atomic E-state index is 0.0128. The maximum Gasteiger partial charge on any atom is 0.408 e. The second-order valence-electron chi connectivity index (χ2n) is 7.26. The van der Waals surface area contributed by atoms with Crippen molar-refractivity contribution in [1.29, 1.82) is 0 Å². The predicted octanol–water partition coefficient (Wildman–Crippen LogP) is 2.82. The molecule has 1 aromatic rings. The number of ether oxygens (including phenoxy) is 2. The summed E-state index contributed by atoms with van der Waals surface area (Å²) in [5.74, 6) is -1.21. The van der Waals surface area contributed by atoms with Crippen molar-refractivity contribution in [2.75, 3.05) is 13.2 Å². The van der Waals surface area contributed by atoms with Crippen LogP contribution in [0.4, 0.5) is 9.59 Å². The van der Waals surface area contributed by atoms with Crippen LogP contribution < -0.4 is 10.6 Å². The fourth-order valence-corrected chi connectivity index (χ4v) is 2.70. The molecule has 2 amide bonds. The molecular formula is C18H28N2O6Si. The van der Waals surface area contributed by atoms with E-state index in [0.717, 1.165) is 11.6 Å². The van der Waals surface area contributed by atoms with Crippen LogP contribution in [0, 0.1) is 0 Å². The average molecular weight is 397 g/mol. The lowest BCUT2D eigenvalue weighted by Gasteiger charge is -2.16. The third kappa shape index (κ3) is 10.9. The van der Waals surface area contributed by atoms with Crippen LogP contribution in [0.1, 0.15) is 12.0 Å². The Morgan fingerprint density at radius 2 is 1.74 bits per heavy atom. The first kappa shape index (κ1) is 22.5. The molecule has 0 aliphatic heterocycles. The first-order valence-electron chi connectivity index (χ1n) is 8.78. The molecule has 0 unspecified atom stereocenters. The van der Waals surface area contributed by atoms with Crippen molar-refractivity contribution in [3.8, 4) is 0 Å². The zero-order chi connectivity index (χ0) is 20.3. The van der Waals surface area contributed by atoms with E-state index in [1.54, 1.807) is 12.1 Å². The number of amides is 2. The fourth-order valence-electron chi connectivity index (χ4n) is 1.98. The van der Waals surface area contributed by atoms with E-state index in [4.69, 9.17) is 9.47 Å². The maximum absolute atomic E-state index is 11.8. The Morgan fingerprint density at radius 3 is 2.33 bits per heavy atom. The lowest BCUT2D eigenvalue weighted by molar-refractivity contribution is -0.139. The van der Waals surface area contributed by atoms with Gasteiger partial charge < -0.3 is 25.2 Å². The van der Waals surface area contributed by atoms with Gasteiger partial charge in [0.1, 0.15) is 12.6 Å². The number of hydrogen-bond donors (Lipinski definition) is 3. The van der Waals surface area contributed by atoms with Crippen molar-refractivity contribution in [3.63, 3.8) is 0 Å². The highest BCUT2D eigenvalue weighted by molar-refractivity contribution is 6.76. The lowest BCUT2D eigenvalue weighted by Crippen LogP contribution is -2.43. The van der Waals surface area contributed by atoms with Crippen molar-refractivity contribution in [3.05, 3.63) is 35.9 Å². The van der Waals surface area contributed by atoms with Crippen LogP contribution in [-0.2, 0) is 20.9 Å². The molecular weight excluding hydrogens is 368 g/mol. The Labute approximate surface area is 160 Å². The number of carboxylic acid groups (broad SMARTS) is 1. The molecule has 1 atom stereocenters. The Balaban J connectivity index is 2.29. The van der Waals surface area contributed by atoms with Crippen LogP contribution in [-0.4, -0.2) is 50.5 Å². The Kier molecular flexibility index (Phi) is 9.35. The first-order valence-corrected chi connectivity index (χ1v) is 12.5. The van der Waals surface area contributed by atoms with Crippen molar-refractivity contribution in [2.45, 2.75) is 44.8 Å². The van der Waals surface area contributed by atoms with E-state index < -0.39 is 32.3 Å². The highest BCUT2D eigenvalue weighted by atomic mass is 28.3. The summed E-state index contributed by atoms with van der Waals surface area (Å²) in [4.78, 5) is 34.6. The number of aliphatic carboxylic acids is 1. The number of carbonyl (C=O) groups excluding carboxylic acids is 2. The van der Waals surface area contributed by atoms with Crippen molar-refractivity contribution in [1.82, 2.24) is 10.6 Å². The van der Waals surface area contributed by atoms with E-state index >= 15 is 0 Å². The smallest absolute Gasteiger partial charge is 0.408 e. The SMILES string of the molecule is C[Si](C)(C)CCOC(=O)NCC[C@H](NC(=O)OCc1ccccc1)C(=O)O. The molecule has 150 valence electrons. The van der Waals surface area contributed by atoms with Crippen LogP contribution >= 0.6 is 0 Å². The molecule has 0 aliphatic rings. The summed E-state index contributed by atoms with van der Waals surface area (Å²) in [5, 5.41) is 14.0. The average Bonchev–Trinajstić information content (AvgIpc) is 2.58. The summed E-state index contributed by atoms with van der Waals surface area (Å²) in [6, 6.07) is 8.73. The highest BCUT2D eigenvalue weighted by Gasteiger charge is 2.21. The second-order valence-corrected chi connectivity index (χ2v) is 12.9. The molecule has 0 spiro atoms. The number of hydrogen-bond acceptors (Lipinski definition) is 5. The van der Waals surface area contributed by atoms with Gasteiger partial charge in [0, 0.05) is 14.6 Å². The summed E-state index contributed by atoms with van der Waals surface area (Å²) >= 11 is 0. The van der Waals surface area contributed by atoms with E-state index in [9.17, 15) is 19.5 Å². The van der Waals surface area contributed by atoms with Gasteiger partial charge in [-0.25, -0.2) is 14.4 Å². The van der Waals surface area contributed by atoms with Crippen molar-refractivity contribution in [2.24, 2.45) is 0 Å². The fraction of sp³-hybridized carbons (Fsp3) is 0.500. The van der Waals surface area contributed by atoms with Crippen LogP contribution in [0.5, 0.6) is 0 Å². The van der Waals surface area contributed by atoms with Crippen LogP contribution in [0.3, 0.4) is 0 Å². The van der Waals surface area contributed by atoms with E-state index in [2.05, 4.69) is 30.3 Å². The molecule has 27 heavy (non-hydrogen) atoms. The molecule has 1 rings (SSSR count). The van der Waals surface area contributed by atoms with Gasteiger partial charge in [0.25, 0.3) is 0 Å². The first-order chi connectivity index (χ1) is 12.7. The third-order valence-corrected chi connectivity index (χ3v) is 5.29. The van der Waals surface area contributed by atoms with E-state index in [1.807, 2.05) is 18.2 Å². The van der Waals surface area contributed by atoms with Gasteiger partial charge in [-0.15, -0.1) is 0 Å². The molecule has 0 fully saturated rings. The number of carboxylic acids is 1. The Morgan fingerprint density at radius 1 is 1.07 bits per heavy atom. The van der Waals surface area contributed by atoms with Gasteiger partial charge in [-0.1, -0.05) is 50.0 Å². The van der Waals surface area contributed by atoms with Crippen molar-refractivity contribution >= 4 is 26.2 Å². The van der Waals surface area contributed by atoms with Gasteiger partial charge in [-0.2, -0.15) is 0 Å². The van der Waals surface area contributed by atoms with Crippen LogP contribution in [0.2, 0.25) is 25.7 Å². The number of benzene rings is 1. The summed E-state index contributed by atoms with van der Waals surface area (Å²) in [5.41, 5.74) is 0.794. The van der Waals surface area contributed by atoms with E-state index in [0.29, 0.717) is 6.61 Å². The molecule has 0 saturated carbocycles. The Hall–Kier alpha value is -2.55.